The maximum atomic E-state index is 4.88. The zero-order valence-corrected chi connectivity index (χ0v) is 50.0. The molecule has 0 atom stereocenters. The number of benzene rings is 2. The van der Waals surface area contributed by atoms with E-state index in [0.717, 1.165) is 10.4 Å². The number of rotatable bonds is 17. The van der Waals surface area contributed by atoms with Crippen molar-refractivity contribution in [3.05, 3.63) is 82.0 Å². The zero-order chi connectivity index (χ0) is 43.4. The molecule has 0 aromatic heterocycles. The van der Waals surface area contributed by atoms with Gasteiger partial charge < -0.3 is 5.48 Å². The topological polar surface area (TPSA) is 31.5 Å². The van der Waals surface area contributed by atoms with E-state index in [-0.39, 0.29) is 5.48 Å². The first-order chi connectivity index (χ1) is 24.3. The molecule has 0 spiro atoms. The van der Waals surface area contributed by atoms with Crippen molar-refractivity contribution in [3.63, 3.8) is 0 Å². The monoisotopic (exact) mass is 928 g/mol. The molecule has 2 N–H and O–H groups in total. The summed E-state index contributed by atoms with van der Waals surface area (Å²) < 4.78 is 3.69. The van der Waals surface area contributed by atoms with Gasteiger partial charge in [-0.25, -0.2) is 0 Å². The summed E-state index contributed by atoms with van der Waals surface area (Å²) in [6, 6.07) is 11.2. The van der Waals surface area contributed by atoms with Crippen LogP contribution in [0.3, 0.4) is 0 Å². The Balaban J connectivity index is 0.0000157. The Hall–Kier alpha value is -0.276. The van der Waals surface area contributed by atoms with E-state index < -0.39 is 62.8 Å². The van der Waals surface area contributed by atoms with Crippen LogP contribution in [0.5, 0.6) is 0 Å². The predicted molar refractivity (Wildman–Crippen MR) is 281 cm³/mol. The summed E-state index contributed by atoms with van der Waals surface area (Å²) in [6.07, 6.45) is 0. The smallest absolute Gasteiger partial charge is 0.412 e. The Morgan fingerprint density at radius 3 is 0.946 bits per heavy atom. The van der Waals surface area contributed by atoms with Crippen molar-refractivity contribution in [1.29, 1.82) is 0 Å². The Labute approximate surface area is 361 Å². The van der Waals surface area contributed by atoms with Crippen LogP contribution in [0.15, 0.2) is 48.6 Å². The van der Waals surface area contributed by atoms with Gasteiger partial charge in [-0.15, -0.1) is 0 Å². The quantitative estimate of drug-likeness (QED) is 0.112. The standard InChI is InChI=1S/C48H91GeSi6.H2O/c1-33(2)37(9)32-49(44-40(35(5)6)28-38(34(3)4)29-41(44)36(7)8)45-42(47(52(16,17)18)53(19,20)21)30-39(46(50(10,11)12)51(13,14)15)31-43(45)48(54(22,23)24)55(25,26)27;/h28-31,34-36,46-48H,1,9,32H2,2-8,10-27H3;1H2. The minimum Gasteiger partial charge on any atom is -0.412 e. The van der Waals surface area contributed by atoms with Gasteiger partial charge in [0, 0.05) is 0 Å². The molecule has 0 saturated carbocycles. The summed E-state index contributed by atoms with van der Waals surface area (Å²) >= 11 is -2.41. The third-order valence-corrected chi connectivity index (χ3v) is 46.6. The molecular weight excluding hydrogens is 834 g/mol. The minimum absolute atomic E-state index is 0. The fraction of sp³-hybridized carbons (Fsp3) is 0.667. The summed E-state index contributed by atoms with van der Waals surface area (Å²) in [5.74, 6) is 1.45. The first-order valence-electron chi connectivity index (χ1n) is 21.9. The molecule has 0 heterocycles. The van der Waals surface area contributed by atoms with Gasteiger partial charge in [0.25, 0.3) is 0 Å². The molecule has 8 heteroatoms. The second kappa shape index (κ2) is 18.8. The SMILES string of the molecule is C=C(C)C(=C)[CH2][Ge]([c]1c(C(C)C)cc(C(C)C)cc1C(C)C)[c]1c(C([Si](C)(C)C)[Si](C)(C)C)cc(C([Si](C)(C)C)[Si](C)(C)C)cc1C([Si](C)(C)C)[Si](C)(C)C.O. The molecule has 319 valence electrons. The van der Waals surface area contributed by atoms with Crippen molar-refractivity contribution < 1.29 is 5.48 Å². The van der Waals surface area contributed by atoms with Gasteiger partial charge in [-0.1, -0.05) is 0 Å². The molecule has 56 heavy (non-hydrogen) atoms. The second-order valence-electron chi connectivity index (χ2n) is 25.1. The summed E-state index contributed by atoms with van der Waals surface area (Å²) in [7, 11) is -9.97. The average Bonchev–Trinajstić information content (AvgIpc) is 2.90. The maximum absolute atomic E-state index is 4.88. The third kappa shape index (κ3) is 12.9. The molecule has 0 fully saturated rings. The molecule has 2 aromatic carbocycles. The normalized spacial score (nSPS) is 13.9. The molecule has 0 unspecified atom stereocenters. The van der Waals surface area contributed by atoms with Gasteiger partial charge in [-0.3, -0.25) is 0 Å². The molecule has 2 aromatic rings. The van der Waals surface area contributed by atoms with Crippen LogP contribution in [0.25, 0.3) is 0 Å². The molecule has 0 bridgehead atoms. The van der Waals surface area contributed by atoms with Crippen molar-refractivity contribution in [2.24, 2.45) is 0 Å². The van der Waals surface area contributed by atoms with Crippen LogP contribution in [0.1, 0.15) is 115 Å². The van der Waals surface area contributed by atoms with E-state index in [1.807, 2.05) is 15.5 Å². The van der Waals surface area contributed by atoms with E-state index in [9.17, 15) is 0 Å². The van der Waals surface area contributed by atoms with E-state index in [1.54, 1.807) is 21.1 Å². The van der Waals surface area contributed by atoms with Crippen LogP contribution in [-0.2, 0) is 0 Å². The minimum atomic E-state index is -2.41. The van der Waals surface area contributed by atoms with Crippen LogP contribution in [-0.4, -0.2) is 68.3 Å². The van der Waals surface area contributed by atoms with Crippen molar-refractivity contribution in [2.75, 3.05) is 0 Å². The molecule has 0 saturated heterocycles. The van der Waals surface area contributed by atoms with Gasteiger partial charge >= 0.3 is 358 Å². The van der Waals surface area contributed by atoms with Gasteiger partial charge in [-0.2, -0.15) is 0 Å². The Kier molecular flexibility index (Phi) is 18.0. The van der Waals surface area contributed by atoms with E-state index in [4.69, 9.17) is 6.58 Å². The van der Waals surface area contributed by atoms with Crippen molar-refractivity contribution in [3.8, 4) is 0 Å². The number of hydrogen-bond acceptors (Lipinski definition) is 0. The van der Waals surface area contributed by atoms with Crippen molar-refractivity contribution in [1.82, 2.24) is 0 Å². The fourth-order valence-corrected chi connectivity index (χ4v) is 58.9. The largest absolute Gasteiger partial charge is 0.412 e. The predicted octanol–water partition coefficient (Wildman–Crippen LogP) is 14.5. The van der Waals surface area contributed by atoms with E-state index in [0.29, 0.717) is 28.1 Å². The van der Waals surface area contributed by atoms with Crippen LogP contribution in [0, 0.1) is 0 Å². The van der Waals surface area contributed by atoms with Gasteiger partial charge in [0.15, 0.2) is 0 Å². The van der Waals surface area contributed by atoms with Crippen LogP contribution >= 0.6 is 0 Å². The second-order valence-corrected chi connectivity index (χ2v) is 63.6. The van der Waals surface area contributed by atoms with Crippen molar-refractivity contribution >= 4 is 71.6 Å². The molecular formula is C48H93GeOSi6. The molecule has 1 nitrogen and oxygen atoms in total. The Morgan fingerprint density at radius 1 is 0.446 bits per heavy atom. The van der Waals surface area contributed by atoms with Crippen LogP contribution in [0.2, 0.25) is 123 Å². The van der Waals surface area contributed by atoms with Crippen LogP contribution in [0.4, 0.5) is 0 Å². The third-order valence-electron chi connectivity index (χ3n) is 12.1. The zero-order valence-electron chi connectivity index (χ0n) is 41.9. The summed E-state index contributed by atoms with van der Waals surface area (Å²) in [4.78, 5) is 0. The van der Waals surface area contributed by atoms with E-state index in [1.165, 1.54) is 16.7 Å². The van der Waals surface area contributed by atoms with Gasteiger partial charge in [0.2, 0.25) is 0 Å². The molecule has 2 rings (SSSR count). The van der Waals surface area contributed by atoms with Gasteiger partial charge in [0.05, 0.1) is 0 Å². The molecule has 1 radical (unpaired) electrons. The van der Waals surface area contributed by atoms with E-state index in [2.05, 4.69) is 197 Å². The maximum Gasteiger partial charge on any atom is -0.412 e. The van der Waals surface area contributed by atoms with Gasteiger partial charge in [0.1, 0.15) is 0 Å². The number of hydrogen-bond donors (Lipinski definition) is 0. The fourth-order valence-electron chi connectivity index (χ4n) is 11.4. The Bertz CT molecular complexity index is 1560. The van der Waals surface area contributed by atoms with Crippen molar-refractivity contribution in [2.45, 2.75) is 205 Å². The van der Waals surface area contributed by atoms with Gasteiger partial charge in [-0.05, 0) is 0 Å². The van der Waals surface area contributed by atoms with E-state index >= 15 is 0 Å². The first kappa shape index (κ1) is 53.7. The van der Waals surface area contributed by atoms with Crippen LogP contribution < -0.4 is 8.79 Å². The molecule has 0 aliphatic carbocycles. The Morgan fingerprint density at radius 2 is 0.714 bits per heavy atom. The first-order valence-corrected chi connectivity index (χ1v) is 46.9. The molecule has 0 amide bonds. The summed E-state index contributed by atoms with van der Waals surface area (Å²) in [5.41, 5.74) is 12.7. The average molecular weight is 927 g/mol. The number of allylic oxidation sites excluding steroid dienone is 2. The molecule has 0 aliphatic heterocycles. The molecule has 0 aliphatic rings. The summed E-state index contributed by atoms with van der Waals surface area (Å²) in [5, 5.41) is 3.19. The summed E-state index contributed by atoms with van der Waals surface area (Å²) in [6.45, 7) is 75.1.